The van der Waals surface area contributed by atoms with Gasteiger partial charge in [0.15, 0.2) is 5.78 Å². The van der Waals surface area contributed by atoms with Gasteiger partial charge in [0, 0.05) is 23.4 Å². The number of carbonyl (C=O) groups is 1. The van der Waals surface area contributed by atoms with E-state index in [1.165, 1.54) is 0 Å². The number of benzene rings is 3. The molecular formula is C19H17NO2. The SMILES string of the molecule is CC(=O)c1ccc(NCc2c(O)ccc3ccccc23)cc1. The topological polar surface area (TPSA) is 49.3 Å². The summed E-state index contributed by atoms with van der Waals surface area (Å²) in [5, 5.41) is 15.5. The van der Waals surface area contributed by atoms with Crippen LogP contribution in [0.5, 0.6) is 5.75 Å². The van der Waals surface area contributed by atoms with E-state index in [1.807, 2.05) is 42.5 Å². The van der Waals surface area contributed by atoms with Crippen molar-refractivity contribution < 1.29 is 9.90 Å². The van der Waals surface area contributed by atoms with E-state index in [0.717, 1.165) is 22.0 Å². The number of fused-ring (bicyclic) bond motifs is 1. The van der Waals surface area contributed by atoms with Crippen LogP contribution in [-0.4, -0.2) is 10.9 Å². The summed E-state index contributed by atoms with van der Waals surface area (Å²) < 4.78 is 0. The van der Waals surface area contributed by atoms with Crippen molar-refractivity contribution in [2.24, 2.45) is 0 Å². The van der Waals surface area contributed by atoms with Crippen LogP contribution in [0.1, 0.15) is 22.8 Å². The summed E-state index contributed by atoms with van der Waals surface area (Å²) in [5.41, 5.74) is 2.48. The second kappa shape index (κ2) is 5.90. The van der Waals surface area contributed by atoms with Gasteiger partial charge in [0.25, 0.3) is 0 Å². The number of phenols is 1. The molecule has 3 nitrogen and oxygen atoms in total. The molecular weight excluding hydrogens is 274 g/mol. The zero-order valence-electron chi connectivity index (χ0n) is 12.3. The molecule has 22 heavy (non-hydrogen) atoms. The molecule has 2 N–H and O–H groups in total. The summed E-state index contributed by atoms with van der Waals surface area (Å²) >= 11 is 0. The van der Waals surface area contributed by atoms with Crippen molar-refractivity contribution in [3.8, 4) is 5.75 Å². The number of hydrogen-bond donors (Lipinski definition) is 2. The molecule has 0 aliphatic rings. The molecule has 0 fully saturated rings. The van der Waals surface area contributed by atoms with Gasteiger partial charge in [0.05, 0.1) is 0 Å². The zero-order chi connectivity index (χ0) is 15.5. The molecule has 0 aliphatic carbocycles. The Morgan fingerprint density at radius 1 is 1.00 bits per heavy atom. The number of rotatable bonds is 4. The first kappa shape index (κ1) is 14.1. The van der Waals surface area contributed by atoms with Gasteiger partial charge in [-0.3, -0.25) is 4.79 Å². The summed E-state index contributed by atoms with van der Waals surface area (Å²) in [6, 6.07) is 19.0. The predicted molar refractivity (Wildman–Crippen MR) is 89.4 cm³/mol. The van der Waals surface area contributed by atoms with E-state index in [9.17, 15) is 9.90 Å². The second-order valence-corrected chi connectivity index (χ2v) is 5.27. The third kappa shape index (κ3) is 2.79. The van der Waals surface area contributed by atoms with E-state index in [1.54, 1.807) is 25.1 Å². The Morgan fingerprint density at radius 3 is 2.45 bits per heavy atom. The van der Waals surface area contributed by atoms with Gasteiger partial charge in [-0.05, 0) is 48.0 Å². The predicted octanol–water partition coefficient (Wildman–Crippen LogP) is 4.36. The third-order valence-electron chi connectivity index (χ3n) is 3.78. The van der Waals surface area contributed by atoms with Crippen LogP contribution in [0.25, 0.3) is 10.8 Å². The maximum Gasteiger partial charge on any atom is 0.159 e. The van der Waals surface area contributed by atoms with Crippen molar-refractivity contribution in [3.05, 3.63) is 71.8 Å². The van der Waals surface area contributed by atoms with Crippen molar-refractivity contribution in [2.75, 3.05) is 5.32 Å². The van der Waals surface area contributed by atoms with E-state index in [2.05, 4.69) is 5.32 Å². The zero-order valence-corrected chi connectivity index (χ0v) is 12.3. The third-order valence-corrected chi connectivity index (χ3v) is 3.78. The molecule has 3 rings (SSSR count). The molecule has 0 unspecified atom stereocenters. The highest BCUT2D eigenvalue weighted by Crippen LogP contribution is 2.27. The van der Waals surface area contributed by atoms with Crippen molar-refractivity contribution in [1.82, 2.24) is 0 Å². The number of ketones is 1. The molecule has 3 aromatic carbocycles. The van der Waals surface area contributed by atoms with Gasteiger partial charge < -0.3 is 10.4 Å². The average molecular weight is 291 g/mol. The number of hydrogen-bond acceptors (Lipinski definition) is 3. The summed E-state index contributed by atoms with van der Waals surface area (Å²) in [5.74, 6) is 0.338. The van der Waals surface area contributed by atoms with Crippen molar-refractivity contribution in [1.29, 1.82) is 0 Å². The molecule has 110 valence electrons. The lowest BCUT2D eigenvalue weighted by molar-refractivity contribution is 0.101. The number of Topliss-reactive ketones (excluding diaryl/α,β-unsaturated/α-hetero) is 1. The largest absolute Gasteiger partial charge is 0.508 e. The standard InChI is InChI=1S/C19H17NO2/c1-13(21)14-6-9-16(10-7-14)20-12-18-17-5-3-2-4-15(17)8-11-19(18)22/h2-11,20,22H,12H2,1H3. The maximum atomic E-state index is 11.3. The van der Waals surface area contributed by atoms with E-state index in [0.29, 0.717) is 12.1 Å². The van der Waals surface area contributed by atoms with Gasteiger partial charge in [-0.2, -0.15) is 0 Å². The highest BCUT2D eigenvalue weighted by Gasteiger charge is 2.06. The molecule has 0 atom stereocenters. The van der Waals surface area contributed by atoms with E-state index < -0.39 is 0 Å². The lowest BCUT2D eigenvalue weighted by atomic mass is 10.0. The van der Waals surface area contributed by atoms with Crippen LogP contribution in [0.3, 0.4) is 0 Å². The maximum absolute atomic E-state index is 11.3. The van der Waals surface area contributed by atoms with E-state index >= 15 is 0 Å². The first-order chi connectivity index (χ1) is 10.6. The molecule has 3 heteroatoms. The monoisotopic (exact) mass is 291 g/mol. The van der Waals surface area contributed by atoms with Crippen LogP contribution in [0.2, 0.25) is 0 Å². The molecule has 0 spiro atoms. The summed E-state index contributed by atoms with van der Waals surface area (Å²) in [4.78, 5) is 11.3. The van der Waals surface area contributed by atoms with Crippen LogP contribution >= 0.6 is 0 Å². The average Bonchev–Trinajstić information content (AvgIpc) is 2.54. The molecule has 0 aliphatic heterocycles. The van der Waals surface area contributed by atoms with Gasteiger partial charge in [-0.15, -0.1) is 0 Å². The Balaban J connectivity index is 1.84. The fraction of sp³-hybridized carbons (Fsp3) is 0.105. The smallest absolute Gasteiger partial charge is 0.159 e. The molecule has 0 aromatic heterocycles. The van der Waals surface area contributed by atoms with Gasteiger partial charge in [0.2, 0.25) is 0 Å². The highest BCUT2D eigenvalue weighted by atomic mass is 16.3. The Kier molecular flexibility index (Phi) is 3.79. The van der Waals surface area contributed by atoms with Gasteiger partial charge in [-0.1, -0.05) is 30.3 Å². The van der Waals surface area contributed by atoms with E-state index in [4.69, 9.17) is 0 Å². The lowest BCUT2D eigenvalue weighted by Gasteiger charge is -2.11. The van der Waals surface area contributed by atoms with Crippen LogP contribution in [-0.2, 0) is 6.54 Å². The lowest BCUT2D eigenvalue weighted by Crippen LogP contribution is -2.01. The number of carbonyl (C=O) groups excluding carboxylic acids is 1. The fourth-order valence-corrected chi connectivity index (χ4v) is 2.52. The van der Waals surface area contributed by atoms with Gasteiger partial charge in [0.1, 0.15) is 5.75 Å². The van der Waals surface area contributed by atoms with Crippen molar-refractivity contribution in [3.63, 3.8) is 0 Å². The normalized spacial score (nSPS) is 10.6. The van der Waals surface area contributed by atoms with E-state index in [-0.39, 0.29) is 11.5 Å². The van der Waals surface area contributed by atoms with Crippen LogP contribution in [0.4, 0.5) is 5.69 Å². The summed E-state index contributed by atoms with van der Waals surface area (Å²) in [6.07, 6.45) is 0. The minimum atomic E-state index is 0.0539. The van der Waals surface area contributed by atoms with Gasteiger partial charge >= 0.3 is 0 Å². The Hall–Kier alpha value is -2.81. The molecule has 0 radical (unpaired) electrons. The Morgan fingerprint density at radius 2 is 1.73 bits per heavy atom. The van der Waals surface area contributed by atoms with Crippen LogP contribution < -0.4 is 5.32 Å². The summed E-state index contributed by atoms with van der Waals surface area (Å²) in [7, 11) is 0. The van der Waals surface area contributed by atoms with Crippen LogP contribution in [0, 0.1) is 0 Å². The molecule has 0 saturated heterocycles. The van der Waals surface area contributed by atoms with Crippen LogP contribution in [0.15, 0.2) is 60.7 Å². The minimum Gasteiger partial charge on any atom is -0.508 e. The Bertz CT molecular complexity index is 822. The highest BCUT2D eigenvalue weighted by molar-refractivity contribution is 5.94. The molecule has 0 amide bonds. The molecule has 0 saturated carbocycles. The van der Waals surface area contributed by atoms with Gasteiger partial charge in [-0.25, -0.2) is 0 Å². The first-order valence-corrected chi connectivity index (χ1v) is 7.19. The number of aromatic hydroxyl groups is 1. The second-order valence-electron chi connectivity index (χ2n) is 5.27. The Labute approximate surface area is 129 Å². The molecule has 3 aromatic rings. The quantitative estimate of drug-likeness (QED) is 0.702. The first-order valence-electron chi connectivity index (χ1n) is 7.19. The van der Waals surface area contributed by atoms with Crippen molar-refractivity contribution in [2.45, 2.75) is 13.5 Å². The minimum absolute atomic E-state index is 0.0539. The summed E-state index contributed by atoms with van der Waals surface area (Å²) in [6.45, 7) is 2.07. The fourth-order valence-electron chi connectivity index (χ4n) is 2.52. The molecule has 0 heterocycles. The number of phenolic OH excluding ortho intramolecular Hbond substituents is 1. The number of anilines is 1. The molecule has 0 bridgehead atoms. The van der Waals surface area contributed by atoms with Crippen molar-refractivity contribution >= 4 is 22.2 Å². The number of nitrogens with one attached hydrogen (secondary N) is 1.